The van der Waals surface area contributed by atoms with E-state index in [4.69, 9.17) is 0 Å². The van der Waals surface area contributed by atoms with E-state index in [-0.39, 0.29) is 11.5 Å². The average molecular weight is 360 g/mol. The summed E-state index contributed by atoms with van der Waals surface area (Å²) in [4.78, 5) is 32.1. The van der Waals surface area contributed by atoms with Gasteiger partial charge in [0, 0.05) is 18.2 Å². The fraction of sp³-hybridized carbons (Fsp3) is 0.0526. The number of nitrogens with zero attached hydrogens (tertiary/aromatic N) is 4. The first kappa shape index (κ1) is 15.0. The van der Waals surface area contributed by atoms with Gasteiger partial charge in [-0.3, -0.25) is 9.59 Å². The van der Waals surface area contributed by atoms with E-state index in [1.807, 2.05) is 54.6 Å². The molecule has 7 heteroatoms. The number of hydrogen-bond acceptors (Lipinski definition) is 5. The van der Waals surface area contributed by atoms with Gasteiger partial charge in [-0.15, -0.1) is 5.10 Å². The summed E-state index contributed by atoms with van der Waals surface area (Å²) in [6.07, 6.45) is 0. The quantitative estimate of drug-likeness (QED) is 0.518. The number of benzene rings is 2. The highest BCUT2D eigenvalue weighted by Crippen LogP contribution is 2.33. The molecule has 26 heavy (non-hydrogen) atoms. The Bertz CT molecular complexity index is 1290. The molecule has 1 amide bonds. The molecule has 5 rings (SSSR count). The number of anilines is 1. The van der Waals surface area contributed by atoms with Gasteiger partial charge in [0.05, 0.1) is 11.3 Å². The normalized spacial score (nSPS) is 15.7. The molecule has 4 aromatic rings. The van der Waals surface area contributed by atoms with Crippen LogP contribution in [0.4, 0.5) is 5.69 Å². The highest BCUT2D eigenvalue weighted by molar-refractivity contribution is 7.15. The smallest absolute Gasteiger partial charge is 0.291 e. The summed E-state index contributed by atoms with van der Waals surface area (Å²) in [5.41, 5.74) is 2.53. The number of rotatable bonds is 1. The molecule has 1 aliphatic heterocycles. The van der Waals surface area contributed by atoms with Crippen LogP contribution in [-0.2, 0) is 4.79 Å². The molecular weight excluding hydrogens is 348 g/mol. The molecule has 0 saturated heterocycles. The molecule has 3 heterocycles. The van der Waals surface area contributed by atoms with Crippen LogP contribution in [0.1, 0.15) is 5.56 Å². The van der Waals surface area contributed by atoms with Crippen molar-refractivity contribution in [1.29, 1.82) is 0 Å². The molecule has 0 atom stereocenters. The zero-order chi connectivity index (χ0) is 17.8. The van der Waals surface area contributed by atoms with E-state index >= 15 is 0 Å². The Hall–Kier alpha value is -3.32. The minimum atomic E-state index is -0.312. The maximum atomic E-state index is 12.9. The van der Waals surface area contributed by atoms with Crippen molar-refractivity contribution in [2.24, 2.45) is 0 Å². The van der Waals surface area contributed by atoms with Crippen molar-refractivity contribution in [3.8, 4) is 11.4 Å². The topological polar surface area (TPSA) is 67.6 Å². The Balaban J connectivity index is 1.78. The van der Waals surface area contributed by atoms with Crippen molar-refractivity contribution in [2.75, 3.05) is 11.9 Å². The third-order valence-electron chi connectivity index (χ3n) is 4.47. The second kappa shape index (κ2) is 5.34. The molecule has 6 nitrogen and oxygen atoms in total. The van der Waals surface area contributed by atoms with Crippen LogP contribution in [-0.4, -0.2) is 27.6 Å². The number of aromatic nitrogens is 3. The third kappa shape index (κ3) is 1.98. The van der Waals surface area contributed by atoms with Gasteiger partial charge in [0.2, 0.25) is 4.96 Å². The number of amides is 1. The van der Waals surface area contributed by atoms with E-state index < -0.39 is 0 Å². The molecule has 0 aliphatic carbocycles. The zero-order valence-corrected chi connectivity index (χ0v) is 14.5. The van der Waals surface area contributed by atoms with E-state index in [9.17, 15) is 9.59 Å². The predicted octanol–water partition coefficient (Wildman–Crippen LogP) is 1.71. The van der Waals surface area contributed by atoms with Crippen molar-refractivity contribution < 1.29 is 4.79 Å². The van der Waals surface area contributed by atoms with Crippen LogP contribution in [0.25, 0.3) is 21.9 Å². The number of thiazole rings is 1. The molecule has 0 fully saturated rings. The van der Waals surface area contributed by atoms with Gasteiger partial charge in [0.25, 0.3) is 11.5 Å². The summed E-state index contributed by atoms with van der Waals surface area (Å²) in [5.74, 6) is 0.317. The minimum Gasteiger partial charge on any atom is -0.311 e. The monoisotopic (exact) mass is 360 g/mol. The fourth-order valence-corrected chi connectivity index (χ4v) is 4.18. The second-order valence-corrected chi connectivity index (χ2v) is 6.97. The zero-order valence-electron chi connectivity index (χ0n) is 13.7. The number of likely N-dealkylation sites (N-methyl/N-ethyl adjacent to an activating group) is 1. The lowest BCUT2D eigenvalue weighted by molar-refractivity contribution is -0.112. The molecule has 2 aromatic heterocycles. The lowest BCUT2D eigenvalue weighted by Gasteiger charge is -2.07. The van der Waals surface area contributed by atoms with Crippen molar-refractivity contribution in [3.63, 3.8) is 0 Å². The number of carbonyl (C=O) groups excluding carboxylic acids is 1. The molecule has 126 valence electrons. The molecule has 0 unspecified atom stereocenters. The Labute approximate surface area is 151 Å². The van der Waals surface area contributed by atoms with Gasteiger partial charge >= 0.3 is 0 Å². The first-order valence-corrected chi connectivity index (χ1v) is 8.83. The van der Waals surface area contributed by atoms with Crippen LogP contribution in [0.2, 0.25) is 0 Å². The summed E-state index contributed by atoms with van der Waals surface area (Å²) in [7, 11) is 1.71. The SMILES string of the molecule is CN1C(=O)C(=c2sc3nc(-c4ccccc4)nn3c2=O)c2ccccc21. The standard InChI is InChI=1S/C19H12N4O2S/c1-22-13-10-6-5-9-12(13)14(17(22)24)15-18(25)23-19(26-15)20-16(21-23)11-7-3-2-4-8-11/h2-10H,1H3. The molecule has 0 radical (unpaired) electrons. The van der Waals surface area contributed by atoms with Gasteiger partial charge in [0.15, 0.2) is 5.82 Å². The van der Waals surface area contributed by atoms with Crippen molar-refractivity contribution in [1.82, 2.24) is 14.6 Å². The first-order chi connectivity index (χ1) is 12.6. The number of carbonyl (C=O) groups is 1. The van der Waals surface area contributed by atoms with Gasteiger partial charge in [-0.1, -0.05) is 59.9 Å². The first-order valence-electron chi connectivity index (χ1n) is 8.02. The fourth-order valence-electron chi connectivity index (χ4n) is 3.18. The summed E-state index contributed by atoms with van der Waals surface area (Å²) in [6, 6.07) is 17.0. The third-order valence-corrected chi connectivity index (χ3v) is 5.50. The maximum absolute atomic E-state index is 12.9. The molecule has 0 bridgehead atoms. The lowest BCUT2D eigenvalue weighted by atomic mass is 10.1. The van der Waals surface area contributed by atoms with Crippen molar-refractivity contribution in [2.45, 2.75) is 0 Å². The van der Waals surface area contributed by atoms with Crippen LogP contribution in [0.5, 0.6) is 0 Å². The van der Waals surface area contributed by atoms with Gasteiger partial charge in [-0.05, 0) is 6.07 Å². The lowest BCUT2D eigenvalue weighted by Crippen LogP contribution is -2.30. The minimum absolute atomic E-state index is 0.184. The molecule has 0 N–H and O–H groups in total. The van der Waals surface area contributed by atoms with Crippen LogP contribution in [0.15, 0.2) is 59.4 Å². The Morgan fingerprint density at radius 3 is 2.46 bits per heavy atom. The number of para-hydroxylation sites is 1. The summed E-state index contributed by atoms with van der Waals surface area (Å²) in [6.45, 7) is 0. The molecule has 2 aromatic carbocycles. The van der Waals surface area contributed by atoms with Crippen molar-refractivity contribution in [3.05, 3.63) is 75.0 Å². The second-order valence-electron chi connectivity index (χ2n) is 5.99. The largest absolute Gasteiger partial charge is 0.311 e. The van der Waals surface area contributed by atoms with Gasteiger partial charge in [-0.25, -0.2) is 0 Å². The van der Waals surface area contributed by atoms with E-state index in [0.29, 0.717) is 20.9 Å². The van der Waals surface area contributed by atoms with E-state index in [1.165, 1.54) is 15.9 Å². The summed E-state index contributed by atoms with van der Waals surface area (Å²) in [5, 5.41) is 4.34. The van der Waals surface area contributed by atoms with Crippen LogP contribution < -0.4 is 15.0 Å². The van der Waals surface area contributed by atoms with E-state index in [0.717, 1.165) is 16.8 Å². The van der Waals surface area contributed by atoms with E-state index in [2.05, 4.69) is 10.1 Å². The van der Waals surface area contributed by atoms with Gasteiger partial charge < -0.3 is 4.90 Å². The van der Waals surface area contributed by atoms with Crippen LogP contribution in [0, 0.1) is 0 Å². The molecule has 1 aliphatic rings. The average Bonchev–Trinajstić information content (AvgIpc) is 3.29. The summed E-state index contributed by atoms with van der Waals surface area (Å²) >= 11 is 1.20. The number of fused-ring (bicyclic) bond motifs is 2. The highest BCUT2D eigenvalue weighted by atomic mass is 32.1. The summed E-state index contributed by atoms with van der Waals surface area (Å²) < 4.78 is 1.66. The predicted molar refractivity (Wildman–Crippen MR) is 100 cm³/mol. The molecular formula is C19H12N4O2S. The Morgan fingerprint density at radius 1 is 0.962 bits per heavy atom. The van der Waals surface area contributed by atoms with Crippen LogP contribution in [0.3, 0.4) is 0 Å². The maximum Gasteiger partial charge on any atom is 0.291 e. The molecule has 0 spiro atoms. The Kier molecular flexibility index (Phi) is 3.07. The van der Waals surface area contributed by atoms with E-state index in [1.54, 1.807) is 11.9 Å². The Morgan fingerprint density at radius 2 is 1.69 bits per heavy atom. The van der Waals surface area contributed by atoms with Gasteiger partial charge in [-0.2, -0.15) is 9.50 Å². The number of hydrogen-bond donors (Lipinski definition) is 0. The molecule has 0 saturated carbocycles. The van der Waals surface area contributed by atoms with Crippen LogP contribution >= 0.6 is 11.3 Å². The van der Waals surface area contributed by atoms with Crippen molar-refractivity contribution >= 4 is 33.5 Å². The highest BCUT2D eigenvalue weighted by Gasteiger charge is 2.31. The van der Waals surface area contributed by atoms with Gasteiger partial charge in [0.1, 0.15) is 4.53 Å².